The van der Waals surface area contributed by atoms with Crippen molar-refractivity contribution in [1.82, 2.24) is 9.97 Å². The Bertz CT molecular complexity index is 2510. The highest BCUT2D eigenvalue weighted by Crippen LogP contribution is 2.39. The topological polar surface area (TPSA) is 38.9 Å². The molecule has 0 fully saturated rings. The lowest BCUT2D eigenvalue weighted by Crippen LogP contribution is -1.96. The van der Waals surface area contributed by atoms with Crippen LogP contribution in [0, 0.1) is 0 Å². The lowest BCUT2D eigenvalue weighted by molar-refractivity contribution is 0.669. The quantitative estimate of drug-likeness (QED) is 0.184. The molecule has 0 amide bonds. The molecule has 9 rings (SSSR count). The van der Waals surface area contributed by atoms with E-state index < -0.39 is 0 Å². The Morgan fingerprint density at radius 1 is 0.327 bits per heavy atom. The Balaban J connectivity index is 1.13. The smallest absolute Gasteiger partial charge is 0.160 e. The van der Waals surface area contributed by atoms with E-state index in [1.807, 2.05) is 48.5 Å². The van der Waals surface area contributed by atoms with E-state index in [0.717, 1.165) is 61.1 Å². The van der Waals surface area contributed by atoms with Gasteiger partial charge in [0, 0.05) is 27.5 Å². The number of aromatic nitrogens is 2. The van der Waals surface area contributed by atoms with Crippen LogP contribution in [0.3, 0.4) is 0 Å². The largest absolute Gasteiger partial charge is 0.456 e. The van der Waals surface area contributed by atoms with Crippen molar-refractivity contribution in [2.24, 2.45) is 0 Å². The number of benzene rings is 7. The van der Waals surface area contributed by atoms with Gasteiger partial charge in [-0.3, -0.25) is 0 Å². The second kappa shape index (κ2) is 12.2. The van der Waals surface area contributed by atoms with E-state index >= 15 is 0 Å². The lowest BCUT2D eigenvalue weighted by atomic mass is 9.96. The van der Waals surface area contributed by atoms with Gasteiger partial charge in [-0.15, -0.1) is 0 Å². The maximum atomic E-state index is 6.42. The molecule has 0 atom stereocenters. The lowest BCUT2D eigenvalue weighted by Gasteiger charge is -2.10. The molecule has 0 unspecified atom stereocenters. The van der Waals surface area contributed by atoms with Gasteiger partial charge in [-0.2, -0.15) is 0 Å². The van der Waals surface area contributed by atoms with Crippen LogP contribution in [-0.2, 0) is 0 Å². The number of rotatable bonds is 6. The van der Waals surface area contributed by atoms with Crippen molar-refractivity contribution in [2.75, 3.05) is 0 Å². The Morgan fingerprint density at radius 3 is 1.51 bits per heavy atom. The summed E-state index contributed by atoms with van der Waals surface area (Å²) in [7, 11) is 0. The van der Waals surface area contributed by atoms with Crippen LogP contribution in [0.15, 0.2) is 186 Å². The molecule has 3 heteroatoms. The van der Waals surface area contributed by atoms with E-state index in [-0.39, 0.29) is 0 Å². The summed E-state index contributed by atoms with van der Waals surface area (Å²) in [5, 5.41) is 2.11. The summed E-state index contributed by atoms with van der Waals surface area (Å²) >= 11 is 0. The summed E-state index contributed by atoms with van der Waals surface area (Å²) in [6.07, 6.45) is 0. The van der Waals surface area contributed by atoms with Gasteiger partial charge in [-0.25, -0.2) is 9.97 Å². The monoisotopic (exact) mass is 626 g/mol. The first-order valence-corrected chi connectivity index (χ1v) is 16.5. The minimum absolute atomic E-state index is 0.692. The van der Waals surface area contributed by atoms with Gasteiger partial charge in [0.25, 0.3) is 0 Å². The van der Waals surface area contributed by atoms with Crippen molar-refractivity contribution >= 4 is 21.9 Å². The Morgan fingerprint density at radius 2 is 0.837 bits per heavy atom. The predicted octanol–water partition coefficient (Wildman–Crippen LogP) is 12.4. The van der Waals surface area contributed by atoms with Crippen molar-refractivity contribution in [3.63, 3.8) is 0 Å². The molecule has 2 heterocycles. The minimum atomic E-state index is 0.692. The molecule has 0 N–H and O–H groups in total. The zero-order valence-electron chi connectivity index (χ0n) is 26.6. The first-order chi connectivity index (χ1) is 24.3. The van der Waals surface area contributed by atoms with Crippen LogP contribution in [0.5, 0.6) is 0 Å². The van der Waals surface area contributed by atoms with Crippen LogP contribution in [0.25, 0.3) is 89.2 Å². The zero-order chi connectivity index (χ0) is 32.6. The second-order valence-electron chi connectivity index (χ2n) is 12.2. The standard InChI is InChI=1S/C46H30N2O/c1-4-12-31(13-5-1)36-18-10-19-37(28-36)32-22-24-33(25-23-32)38-26-27-43-40(29-38)45-39(20-11-21-44(45)49-43)42-30-41(34-14-6-2-7-15-34)47-46(48-42)35-16-8-3-9-17-35/h1-30H. The van der Waals surface area contributed by atoms with E-state index in [1.165, 1.54) is 22.3 Å². The van der Waals surface area contributed by atoms with Crippen molar-refractivity contribution in [2.45, 2.75) is 0 Å². The fourth-order valence-corrected chi connectivity index (χ4v) is 6.64. The molecule has 230 valence electrons. The van der Waals surface area contributed by atoms with Gasteiger partial charge in [0.1, 0.15) is 11.2 Å². The fourth-order valence-electron chi connectivity index (χ4n) is 6.64. The normalized spacial score (nSPS) is 11.3. The van der Waals surface area contributed by atoms with Crippen molar-refractivity contribution < 1.29 is 4.42 Å². The minimum Gasteiger partial charge on any atom is -0.456 e. The first-order valence-electron chi connectivity index (χ1n) is 16.5. The molecule has 0 aliphatic rings. The van der Waals surface area contributed by atoms with E-state index in [2.05, 4.69) is 133 Å². The summed E-state index contributed by atoms with van der Waals surface area (Å²) in [4.78, 5) is 10.1. The van der Waals surface area contributed by atoms with Crippen LogP contribution in [0.1, 0.15) is 0 Å². The average molecular weight is 627 g/mol. The van der Waals surface area contributed by atoms with Crippen LogP contribution in [-0.4, -0.2) is 9.97 Å². The average Bonchev–Trinajstić information content (AvgIpc) is 3.57. The summed E-state index contributed by atoms with van der Waals surface area (Å²) in [5.41, 5.74) is 13.5. The van der Waals surface area contributed by atoms with Gasteiger partial charge in [0.15, 0.2) is 5.82 Å². The van der Waals surface area contributed by atoms with Gasteiger partial charge in [0.05, 0.1) is 11.4 Å². The summed E-state index contributed by atoms with van der Waals surface area (Å²) in [6, 6.07) is 63.3. The zero-order valence-corrected chi connectivity index (χ0v) is 26.6. The van der Waals surface area contributed by atoms with Crippen molar-refractivity contribution in [1.29, 1.82) is 0 Å². The third-order valence-electron chi connectivity index (χ3n) is 9.12. The van der Waals surface area contributed by atoms with Crippen LogP contribution < -0.4 is 0 Å². The van der Waals surface area contributed by atoms with Crippen LogP contribution >= 0.6 is 0 Å². The number of fused-ring (bicyclic) bond motifs is 3. The van der Waals surface area contributed by atoms with E-state index in [1.54, 1.807) is 0 Å². The predicted molar refractivity (Wildman–Crippen MR) is 202 cm³/mol. The van der Waals surface area contributed by atoms with E-state index in [4.69, 9.17) is 14.4 Å². The summed E-state index contributed by atoms with van der Waals surface area (Å²) in [6.45, 7) is 0. The molecule has 0 bridgehead atoms. The number of furan rings is 1. The van der Waals surface area contributed by atoms with Gasteiger partial charge >= 0.3 is 0 Å². The molecule has 7 aromatic carbocycles. The van der Waals surface area contributed by atoms with Gasteiger partial charge in [0.2, 0.25) is 0 Å². The molecule has 3 nitrogen and oxygen atoms in total. The molecule has 0 saturated carbocycles. The molecular formula is C46H30N2O. The van der Waals surface area contributed by atoms with Gasteiger partial charge in [-0.1, -0.05) is 152 Å². The van der Waals surface area contributed by atoms with E-state index in [9.17, 15) is 0 Å². The van der Waals surface area contributed by atoms with Gasteiger partial charge < -0.3 is 4.42 Å². The Kier molecular flexibility index (Phi) is 7.14. The maximum Gasteiger partial charge on any atom is 0.160 e. The van der Waals surface area contributed by atoms with Crippen LogP contribution in [0.4, 0.5) is 0 Å². The maximum absolute atomic E-state index is 6.42. The third-order valence-corrected chi connectivity index (χ3v) is 9.12. The Labute approximate surface area is 284 Å². The second-order valence-corrected chi connectivity index (χ2v) is 12.2. The highest BCUT2D eigenvalue weighted by molar-refractivity contribution is 6.13. The fraction of sp³-hybridized carbons (Fsp3) is 0. The molecule has 9 aromatic rings. The molecule has 0 saturated heterocycles. The highest BCUT2D eigenvalue weighted by atomic mass is 16.3. The molecule has 0 radical (unpaired) electrons. The molecule has 0 aliphatic heterocycles. The molecule has 49 heavy (non-hydrogen) atoms. The summed E-state index contributed by atoms with van der Waals surface area (Å²) in [5.74, 6) is 0.692. The first kappa shape index (κ1) is 28.6. The number of hydrogen-bond acceptors (Lipinski definition) is 3. The molecule has 2 aromatic heterocycles. The number of nitrogens with zero attached hydrogens (tertiary/aromatic N) is 2. The SMILES string of the molecule is c1ccc(-c2cccc(-c3ccc(-c4ccc5oc6cccc(-c7cc(-c8ccccc8)nc(-c8ccccc8)n7)c6c5c4)cc3)c2)cc1. The van der Waals surface area contributed by atoms with Crippen molar-refractivity contribution in [3.8, 4) is 67.3 Å². The van der Waals surface area contributed by atoms with E-state index in [0.29, 0.717) is 5.82 Å². The molecule has 0 aliphatic carbocycles. The van der Waals surface area contributed by atoms with Gasteiger partial charge in [-0.05, 0) is 63.7 Å². The molecular weight excluding hydrogens is 597 g/mol. The summed E-state index contributed by atoms with van der Waals surface area (Å²) < 4.78 is 6.42. The Hall–Kier alpha value is -6.58. The molecule has 0 spiro atoms. The highest BCUT2D eigenvalue weighted by Gasteiger charge is 2.17. The van der Waals surface area contributed by atoms with Crippen LogP contribution in [0.2, 0.25) is 0 Å². The van der Waals surface area contributed by atoms with Crippen molar-refractivity contribution in [3.05, 3.63) is 182 Å². The number of hydrogen-bond donors (Lipinski definition) is 0. The third kappa shape index (κ3) is 5.48.